The number of non-ortho nitro benzene ring substituents is 1. The third kappa shape index (κ3) is 3.09. The maximum atomic E-state index is 12.5. The highest BCUT2D eigenvalue weighted by molar-refractivity contribution is 6.33. The molecule has 146 valence electrons. The Morgan fingerprint density at radius 3 is 2.76 bits per heavy atom. The summed E-state index contributed by atoms with van der Waals surface area (Å²) in [4.78, 5) is 35.2. The molecule has 11 heteroatoms. The Kier molecular flexibility index (Phi) is 4.47. The first-order chi connectivity index (χ1) is 13.9. The maximum Gasteiger partial charge on any atom is 0.340 e. The van der Waals surface area contributed by atoms with Crippen LogP contribution in [0.4, 0.5) is 5.69 Å². The molecule has 4 aromatic rings. The number of halogens is 1. The average molecular weight is 414 g/mol. The molecule has 4 rings (SSSR count). The molecule has 0 bridgehead atoms. The van der Waals surface area contributed by atoms with Gasteiger partial charge in [0.25, 0.3) is 11.2 Å². The smallest absolute Gasteiger partial charge is 0.340 e. The van der Waals surface area contributed by atoms with Gasteiger partial charge in [-0.05, 0) is 18.2 Å². The molecule has 2 aromatic carbocycles. The van der Waals surface area contributed by atoms with Crippen molar-refractivity contribution in [3.05, 3.63) is 79.3 Å². The van der Waals surface area contributed by atoms with Crippen molar-refractivity contribution in [2.45, 2.75) is 6.61 Å². The van der Waals surface area contributed by atoms with Crippen LogP contribution in [0.5, 0.6) is 0 Å². The van der Waals surface area contributed by atoms with Crippen molar-refractivity contribution in [1.29, 1.82) is 0 Å². The Labute approximate surface area is 167 Å². The van der Waals surface area contributed by atoms with E-state index < -0.39 is 10.9 Å². The Balaban J connectivity index is 1.71. The van der Waals surface area contributed by atoms with E-state index in [-0.39, 0.29) is 40.0 Å². The van der Waals surface area contributed by atoms with Crippen molar-refractivity contribution in [3.63, 3.8) is 0 Å². The summed E-state index contributed by atoms with van der Waals surface area (Å²) in [5.41, 5.74) is -0.0790. The van der Waals surface area contributed by atoms with Crippen LogP contribution < -0.4 is 5.56 Å². The average Bonchev–Trinajstić information content (AvgIpc) is 3.14. The molecule has 0 aliphatic rings. The molecule has 29 heavy (non-hydrogen) atoms. The van der Waals surface area contributed by atoms with Crippen LogP contribution in [0.2, 0.25) is 5.02 Å². The lowest BCUT2D eigenvalue weighted by molar-refractivity contribution is -0.384. The van der Waals surface area contributed by atoms with Gasteiger partial charge in [0.15, 0.2) is 12.4 Å². The van der Waals surface area contributed by atoms with Crippen LogP contribution in [0.3, 0.4) is 0 Å². The number of nitrogens with zero attached hydrogens (tertiary/aromatic N) is 5. The van der Waals surface area contributed by atoms with Gasteiger partial charge in [-0.3, -0.25) is 23.9 Å². The van der Waals surface area contributed by atoms with Crippen LogP contribution in [0.25, 0.3) is 16.7 Å². The number of esters is 1. The van der Waals surface area contributed by atoms with Gasteiger partial charge in [0.1, 0.15) is 0 Å². The number of hydrogen-bond acceptors (Lipinski definition) is 7. The first-order valence-corrected chi connectivity index (χ1v) is 8.69. The van der Waals surface area contributed by atoms with E-state index in [1.165, 1.54) is 16.7 Å². The number of aryl methyl sites for hydroxylation is 1. The van der Waals surface area contributed by atoms with Gasteiger partial charge in [-0.2, -0.15) is 0 Å². The van der Waals surface area contributed by atoms with E-state index in [0.717, 1.165) is 6.07 Å². The predicted octanol–water partition coefficient (Wildman–Crippen LogP) is 2.50. The Morgan fingerprint density at radius 2 is 2.00 bits per heavy atom. The third-order valence-electron chi connectivity index (χ3n) is 4.41. The van der Waals surface area contributed by atoms with E-state index in [2.05, 4.69) is 10.2 Å². The Hall–Kier alpha value is -3.79. The molecule has 0 aliphatic carbocycles. The highest BCUT2D eigenvalue weighted by atomic mass is 35.5. The number of ether oxygens (including phenoxy) is 1. The van der Waals surface area contributed by atoms with Gasteiger partial charge >= 0.3 is 5.97 Å². The molecule has 10 nitrogen and oxygen atoms in total. The van der Waals surface area contributed by atoms with Gasteiger partial charge in [-0.15, -0.1) is 10.2 Å². The van der Waals surface area contributed by atoms with Crippen molar-refractivity contribution in [1.82, 2.24) is 19.2 Å². The zero-order valence-corrected chi connectivity index (χ0v) is 15.7. The minimum absolute atomic E-state index is 0.0274. The third-order valence-corrected chi connectivity index (χ3v) is 4.74. The van der Waals surface area contributed by atoms with Crippen LogP contribution in [0.15, 0.2) is 47.3 Å². The fourth-order valence-electron chi connectivity index (χ4n) is 2.98. The molecule has 0 N–H and O–H groups in total. The van der Waals surface area contributed by atoms with Crippen LogP contribution in [0, 0.1) is 10.1 Å². The molecule has 2 aromatic heterocycles. The second kappa shape index (κ2) is 6.99. The van der Waals surface area contributed by atoms with Crippen molar-refractivity contribution < 1.29 is 14.5 Å². The van der Waals surface area contributed by atoms with Crippen LogP contribution >= 0.6 is 11.6 Å². The van der Waals surface area contributed by atoms with E-state index in [1.54, 1.807) is 35.7 Å². The highest BCUT2D eigenvalue weighted by Gasteiger charge is 2.19. The summed E-state index contributed by atoms with van der Waals surface area (Å²) in [6.07, 6.45) is 0. The minimum atomic E-state index is -0.843. The van der Waals surface area contributed by atoms with E-state index in [0.29, 0.717) is 10.9 Å². The van der Waals surface area contributed by atoms with Crippen LogP contribution in [-0.2, 0) is 18.4 Å². The molecule has 0 unspecified atom stereocenters. The normalized spacial score (nSPS) is 11.1. The lowest BCUT2D eigenvalue weighted by Gasteiger charge is -2.08. The van der Waals surface area contributed by atoms with Gasteiger partial charge < -0.3 is 4.74 Å². The summed E-state index contributed by atoms with van der Waals surface area (Å²) in [5, 5.41) is 19.4. The molecule has 2 heterocycles. The van der Waals surface area contributed by atoms with E-state index in [1.807, 2.05) is 0 Å². The zero-order valence-electron chi connectivity index (χ0n) is 14.9. The van der Waals surface area contributed by atoms with Crippen LogP contribution in [-0.4, -0.2) is 30.1 Å². The molecule has 0 aliphatic heterocycles. The first-order valence-electron chi connectivity index (χ1n) is 8.31. The molecular weight excluding hydrogens is 402 g/mol. The maximum absolute atomic E-state index is 12.5. The highest BCUT2D eigenvalue weighted by Crippen LogP contribution is 2.23. The monoisotopic (exact) mass is 413 g/mol. The summed E-state index contributed by atoms with van der Waals surface area (Å²) in [7, 11) is 1.57. The van der Waals surface area contributed by atoms with Gasteiger partial charge in [0.05, 0.1) is 26.4 Å². The van der Waals surface area contributed by atoms with Crippen molar-refractivity contribution >= 4 is 39.9 Å². The predicted molar refractivity (Wildman–Crippen MR) is 103 cm³/mol. The molecule has 0 radical (unpaired) electrons. The van der Waals surface area contributed by atoms with Crippen molar-refractivity contribution in [2.24, 2.45) is 7.05 Å². The fourth-order valence-corrected chi connectivity index (χ4v) is 3.17. The fraction of sp³-hybridized carbons (Fsp3) is 0.111. The molecule has 0 saturated carbocycles. The summed E-state index contributed by atoms with van der Waals surface area (Å²) in [6, 6.07) is 10.4. The first kappa shape index (κ1) is 18.6. The topological polar surface area (TPSA) is 122 Å². The van der Waals surface area contributed by atoms with Crippen LogP contribution in [0.1, 0.15) is 16.2 Å². The molecule has 0 amide bonds. The zero-order chi connectivity index (χ0) is 20.7. The summed E-state index contributed by atoms with van der Waals surface area (Å²) in [5.74, 6) is -0.278. The standard InChI is InChI=1S/C18H12ClN5O5/c1-22-16(25)11-4-2-3-5-14(11)23-15(20-21-18(22)23)9-29-17(26)12-8-10(24(27)28)6-7-13(12)19/h2-8H,9H2,1H3. The molecule has 0 spiro atoms. The number of fused-ring (bicyclic) bond motifs is 3. The van der Waals surface area contributed by atoms with Gasteiger partial charge in [0.2, 0.25) is 5.78 Å². The molecular formula is C18H12ClN5O5. The SMILES string of the molecule is Cn1c(=O)c2ccccc2n2c(COC(=O)c3cc([N+](=O)[O-])ccc3Cl)nnc12. The summed E-state index contributed by atoms with van der Waals surface area (Å²) >= 11 is 5.97. The summed E-state index contributed by atoms with van der Waals surface area (Å²) < 4.78 is 8.21. The number of carbonyl (C=O) groups is 1. The lowest BCUT2D eigenvalue weighted by Crippen LogP contribution is -2.20. The summed E-state index contributed by atoms with van der Waals surface area (Å²) in [6.45, 7) is -0.277. The molecule has 0 atom stereocenters. The number of hydrogen-bond donors (Lipinski definition) is 0. The quantitative estimate of drug-likeness (QED) is 0.286. The number of carbonyl (C=O) groups excluding carboxylic acids is 1. The van der Waals surface area contributed by atoms with E-state index in [4.69, 9.17) is 16.3 Å². The second-order valence-corrected chi connectivity index (χ2v) is 6.54. The number of nitro groups is 1. The number of aromatic nitrogens is 4. The van der Waals surface area contributed by atoms with E-state index >= 15 is 0 Å². The molecule has 0 saturated heterocycles. The van der Waals surface area contributed by atoms with Gasteiger partial charge in [-0.25, -0.2) is 4.79 Å². The number of nitro benzene ring substituents is 1. The number of benzene rings is 2. The van der Waals surface area contributed by atoms with Gasteiger partial charge in [-0.1, -0.05) is 23.7 Å². The Bertz CT molecular complexity index is 1360. The minimum Gasteiger partial charge on any atom is -0.454 e. The Morgan fingerprint density at radius 1 is 1.24 bits per heavy atom. The number of rotatable bonds is 4. The van der Waals surface area contributed by atoms with Crippen molar-refractivity contribution in [2.75, 3.05) is 0 Å². The lowest BCUT2D eigenvalue weighted by atomic mass is 10.2. The van der Waals surface area contributed by atoms with E-state index in [9.17, 15) is 19.7 Å². The molecule has 0 fully saturated rings. The largest absolute Gasteiger partial charge is 0.454 e. The number of para-hydroxylation sites is 1. The van der Waals surface area contributed by atoms with Crippen molar-refractivity contribution in [3.8, 4) is 0 Å². The second-order valence-electron chi connectivity index (χ2n) is 6.13. The van der Waals surface area contributed by atoms with Gasteiger partial charge in [0, 0.05) is 19.2 Å².